The molecule has 0 bridgehead atoms. The number of carboxylic acid groups (broad SMARTS) is 1. The first kappa shape index (κ1) is 26.2. The van der Waals surface area contributed by atoms with E-state index in [9.17, 15) is 24.3 Å². The third kappa shape index (κ3) is 5.30. The van der Waals surface area contributed by atoms with Crippen molar-refractivity contribution in [2.24, 2.45) is 0 Å². The number of benzene rings is 2. The molecular weight excluding hydrogens is 502 g/mol. The molecule has 0 saturated carbocycles. The number of carbonyl (C=O) groups excluding carboxylic acids is 3. The highest BCUT2D eigenvalue weighted by atomic mass is 35.5. The number of amides is 2. The number of β-amino-alcohol motifs (C(OH)–C–C–N with tert-alkyl or cyclic N) is 1. The van der Waals surface area contributed by atoms with Gasteiger partial charge >= 0.3 is 5.97 Å². The van der Waals surface area contributed by atoms with E-state index in [1.165, 1.54) is 16.6 Å². The largest absolute Gasteiger partial charge is 0.497 e. The normalized spacial score (nSPS) is 17.1. The van der Waals surface area contributed by atoms with Gasteiger partial charge in [0.05, 0.1) is 25.2 Å². The molecule has 10 nitrogen and oxygen atoms in total. The zero-order valence-electron chi connectivity index (χ0n) is 20.2. The molecule has 37 heavy (non-hydrogen) atoms. The molecule has 1 aliphatic heterocycles. The maximum atomic E-state index is 13.5. The van der Waals surface area contributed by atoms with Crippen LogP contribution in [-0.4, -0.2) is 75.7 Å². The number of nitrogens with one attached hydrogen (secondary N) is 1. The molecule has 1 aliphatic rings. The first-order valence-electron chi connectivity index (χ1n) is 11.6. The second kappa shape index (κ2) is 10.6. The molecule has 0 radical (unpaired) electrons. The van der Waals surface area contributed by atoms with Crippen LogP contribution in [0.3, 0.4) is 0 Å². The molecule has 1 fully saturated rings. The Kier molecular flexibility index (Phi) is 7.51. The van der Waals surface area contributed by atoms with Crippen LogP contribution in [0.2, 0.25) is 5.02 Å². The minimum Gasteiger partial charge on any atom is -0.497 e. The summed E-state index contributed by atoms with van der Waals surface area (Å²) in [5.41, 5.74) is 2.12. The standard InChI is InChI=1S/C26H26ClN3O7/c1-14-19(11-23(32)29-13-17(31)9-22(29)25(35)28-12-24(33)34)20-10-18(37-2)7-8-21(20)30(14)26(36)15-3-5-16(27)6-4-15/h3-8,10,17,22,31H,9,11-13H2,1-2H3,(H,28,35)(H,33,34)/t17-,22+/m1/s1. The summed E-state index contributed by atoms with van der Waals surface area (Å²) in [7, 11) is 1.51. The van der Waals surface area contributed by atoms with Gasteiger partial charge in [0.15, 0.2) is 0 Å². The van der Waals surface area contributed by atoms with Crippen LogP contribution in [0.5, 0.6) is 5.75 Å². The Morgan fingerprint density at radius 3 is 2.49 bits per heavy atom. The second-order valence-electron chi connectivity index (χ2n) is 8.83. The van der Waals surface area contributed by atoms with Crippen LogP contribution in [0, 0.1) is 6.92 Å². The highest BCUT2D eigenvalue weighted by Crippen LogP contribution is 2.32. The lowest BCUT2D eigenvalue weighted by Crippen LogP contribution is -2.47. The van der Waals surface area contributed by atoms with E-state index in [0.29, 0.717) is 38.5 Å². The molecule has 0 aliphatic carbocycles. The van der Waals surface area contributed by atoms with Crippen LogP contribution in [0.1, 0.15) is 28.0 Å². The third-order valence-electron chi connectivity index (χ3n) is 6.48. The van der Waals surface area contributed by atoms with E-state index in [4.69, 9.17) is 21.4 Å². The lowest BCUT2D eigenvalue weighted by atomic mass is 10.1. The highest BCUT2D eigenvalue weighted by molar-refractivity contribution is 6.30. The third-order valence-corrected chi connectivity index (χ3v) is 6.73. The number of likely N-dealkylation sites (tertiary alicyclic amines) is 1. The minimum absolute atomic E-state index is 0.000803. The van der Waals surface area contributed by atoms with Gasteiger partial charge in [0.1, 0.15) is 18.3 Å². The molecule has 2 aromatic carbocycles. The second-order valence-corrected chi connectivity index (χ2v) is 9.27. The van der Waals surface area contributed by atoms with E-state index < -0.39 is 36.5 Å². The van der Waals surface area contributed by atoms with Gasteiger partial charge in [-0.15, -0.1) is 0 Å². The monoisotopic (exact) mass is 527 g/mol. The maximum Gasteiger partial charge on any atom is 0.322 e. The Labute approximate surface area is 217 Å². The number of ether oxygens (including phenoxy) is 1. The molecule has 194 valence electrons. The van der Waals surface area contributed by atoms with Gasteiger partial charge in [0, 0.05) is 34.6 Å². The van der Waals surface area contributed by atoms with Crippen LogP contribution in [0.4, 0.5) is 0 Å². The van der Waals surface area contributed by atoms with Gasteiger partial charge < -0.3 is 25.2 Å². The van der Waals surface area contributed by atoms with Gasteiger partial charge in [-0.05, 0) is 55.0 Å². The van der Waals surface area contributed by atoms with E-state index in [0.717, 1.165) is 0 Å². The van der Waals surface area contributed by atoms with E-state index in [1.54, 1.807) is 49.4 Å². The minimum atomic E-state index is -1.22. The summed E-state index contributed by atoms with van der Waals surface area (Å²) < 4.78 is 6.88. The van der Waals surface area contributed by atoms with E-state index in [-0.39, 0.29) is 25.3 Å². The summed E-state index contributed by atoms with van der Waals surface area (Å²) in [6.45, 7) is 1.08. The molecule has 1 saturated heterocycles. The number of hydrogen-bond acceptors (Lipinski definition) is 6. The van der Waals surface area contributed by atoms with E-state index in [2.05, 4.69) is 5.32 Å². The Morgan fingerprint density at radius 1 is 1.14 bits per heavy atom. The number of nitrogens with zero attached hydrogens (tertiary/aromatic N) is 2. The average molecular weight is 528 g/mol. The fourth-order valence-electron chi connectivity index (χ4n) is 4.67. The fourth-order valence-corrected chi connectivity index (χ4v) is 4.79. The number of halogens is 1. The van der Waals surface area contributed by atoms with Crippen molar-refractivity contribution in [3.63, 3.8) is 0 Å². The molecule has 1 aromatic heterocycles. The molecule has 11 heteroatoms. The molecular formula is C26H26ClN3O7. The predicted octanol–water partition coefficient (Wildman–Crippen LogP) is 2.01. The fraction of sp³-hybridized carbons (Fsp3) is 0.308. The molecule has 0 unspecified atom stereocenters. The van der Waals surface area contributed by atoms with Crippen molar-refractivity contribution in [1.29, 1.82) is 0 Å². The topological polar surface area (TPSA) is 138 Å². The Hall–Kier alpha value is -3.89. The van der Waals surface area contributed by atoms with Gasteiger partial charge in [0.25, 0.3) is 5.91 Å². The summed E-state index contributed by atoms with van der Waals surface area (Å²) >= 11 is 5.98. The van der Waals surface area contributed by atoms with Gasteiger partial charge in [0.2, 0.25) is 11.8 Å². The molecule has 3 aromatic rings. The summed E-state index contributed by atoms with van der Waals surface area (Å²) in [5, 5.41) is 22.4. The number of carboxylic acids is 1. The predicted molar refractivity (Wildman–Crippen MR) is 135 cm³/mol. The van der Waals surface area contributed by atoms with Crippen LogP contribution < -0.4 is 10.1 Å². The Bertz CT molecular complexity index is 1380. The first-order valence-corrected chi connectivity index (χ1v) is 11.9. The quantitative estimate of drug-likeness (QED) is 0.427. The summed E-state index contributed by atoms with van der Waals surface area (Å²) in [4.78, 5) is 51.5. The van der Waals surface area contributed by atoms with Crippen molar-refractivity contribution < 1.29 is 34.1 Å². The number of aliphatic carboxylic acids is 1. The van der Waals surface area contributed by atoms with Gasteiger partial charge in [-0.2, -0.15) is 0 Å². The highest BCUT2D eigenvalue weighted by Gasteiger charge is 2.39. The van der Waals surface area contributed by atoms with E-state index >= 15 is 0 Å². The van der Waals surface area contributed by atoms with Crippen LogP contribution in [0.25, 0.3) is 10.9 Å². The Morgan fingerprint density at radius 2 is 1.84 bits per heavy atom. The van der Waals surface area contributed by atoms with Crippen molar-refractivity contribution in [2.45, 2.75) is 31.9 Å². The SMILES string of the molecule is COc1ccc2c(c1)c(CC(=O)N1C[C@H](O)C[C@H]1C(=O)NCC(=O)O)c(C)n2C(=O)c1ccc(Cl)cc1. The number of aliphatic hydroxyl groups is 1. The summed E-state index contributed by atoms with van der Waals surface area (Å²) in [6.07, 6.45) is -1.06. The molecule has 0 spiro atoms. The smallest absolute Gasteiger partial charge is 0.322 e. The number of methoxy groups -OCH3 is 1. The van der Waals surface area contributed by atoms with Gasteiger partial charge in [-0.3, -0.25) is 23.7 Å². The Balaban J connectivity index is 1.70. The van der Waals surface area contributed by atoms with E-state index in [1.807, 2.05) is 0 Å². The summed E-state index contributed by atoms with van der Waals surface area (Å²) in [6, 6.07) is 10.7. The van der Waals surface area contributed by atoms with Crippen molar-refractivity contribution in [3.05, 3.63) is 64.3 Å². The molecule has 2 amide bonds. The zero-order chi connectivity index (χ0) is 26.9. The maximum absolute atomic E-state index is 13.5. The number of carbonyl (C=O) groups is 4. The zero-order valence-corrected chi connectivity index (χ0v) is 21.0. The molecule has 3 N–H and O–H groups in total. The van der Waals surface area contributed by atoms with Crippen LogP contribution >= 0.6 is 11.6 Å². The number of hydrogen-bond donors (Lipinski definition) is 3. The van der Waals surface area contributed by atoms with Crippen molar-refractivity contribution in [3.8, 4) is 5.75 Å². The molecule has 2 atom stereocenters. The lowest BCUT2D eigenvalue weighted by molar-refractivity contribution is -0.140. The van der Waals surface area contributed by atoms with Crippen molar-refractivity contribution in [2.75, 3.05) is 20.2 Å². The molecule has 2 heterocycles. The first-order chi connectivity index (χ1) is 17.6. The number of aromatic nitrogens is 1. The number of aliphatic hydroxyl groups excluding tert-OH is 1. The van der Waals surface area contributed by atoms with Gasteiger partial charge in [-0.25, -0.2) is 0 Å². The lowest BCUT2D eigenvalue weighted by Gasteiger charge is -2.23. The van der Waals surface area contributed by atoms with Crippen molar-refractivity contribution in [1.82, 2.24) is 14.8 Å². The molecule has 4 rings (SSSR count). The number of rotatable bonds is 7. The van der Waals surface area contributed by atoms with Crippen LogP contribution in [-0.2, 0) is 20.8 Å². The number of fused-ring (bicyclic) bond motifs is 1. The summed E-state index contributed by atoms with van der Waals surface area (Å²) in [5.74, 6) is -2.06. The van der Waals surface area contributed by atoms with Gasteiger partial charge in [-0.1, -0.05) is 11.6 Å². The van der Waals surface area contributed by atoms with Crippen molar-refractivity contribution >= 4 is 46.2 Å². The average Bonchev–Trinajstić information content (AvgIpc) is 3.39. The van der Waals surface area contributed by atoms with Crippen LogP contribution in [0.15, 0.2) is 42.5 Å².